The molecule has 0 N–H and O–H groups in total. The van der Waals surface area contributed by atoms with Gasteiger partial charge in [-0.25, -0.2) is 0 Å². The lowest BCUT2D eigenvalue weighted by Crippen LogP contribution is -2.51. The molecule has 3 aliphatic rings. The average Bonchev–Trinajstić information content (AvgIpc) is 2.79. The third kappa shape index (κ3) is 6.92. The van der Waals surface area contributed by atoms with Crippen LogP contribution in [0.4, 0.5) is 0 Å². The predicted molar refractivity (Wildman–Crippen MR) is 124 cm³/mol. The van der Waals surface area contributed by atoms with E-state index in [1.54, 1.807) is 0 Å². The Kier molecular flexibility index (Phi) is 9.20. The largest absolute Gasteiger partial charge is 0.377 e. The SMILES string of the molecule is CC(C)C(=O)N1CCC(OCCN2CCN(C(=O)C3CCC(C(C)C)CC3)CC2)CC1. The lowest BCUT2D eigenvalue weighted by molar-refractivity contribution is -0.138. The van der Waals surface area contributed by atoms with Gasteiger partial charge in [0.15, 0.2) is 0 Å². The molecule has 1 aliphatic carbocycles. The zero-order valence-corrected chi connectivity index (χ0v) is 20.4. The highest BCUT2D eigenvalue weighted by Gasteiger charge is 2.32. The molecule has 0 atom stereocenters. The molecule has 0 spiro atoms. The molecule has 0 aromatic carbocycles. The monoisotopic (exact) mass is 435 g/mol. The lowest BCUT2D eigenvalue weighted by atomic mass is 9.76. The van der Waals surface area contributed by atoms with Crippen molar-refractivity contribution in [3.05, 3.63) is 0 Å². The number of rotatable bonds is 7. The summed E-state index contributed by atoms with van der Waals surface area (Å²) in [6, 6.07) is 0. The second-order valence-corrected chi connectivity index (χ2v) is 10.6. The van der Waals surface area contributed by atoms with E-state index in [4.69, 9.17) is 4.74 Å². The van der Waals surface area contributed by atoms with E-state index in [0.717, 1.165) is 89.9 Å². The van der Waals surface area contributed by atoms with Crippen LogP contribution in [0.5, 0.6) is 0 Å². The molecule has 2 amide bonds. The van der Waals surface area contributed by atoms with Gasteiger partial charge in [0.1, 0.15) is 0 Å². The van der Waals surface area contributed by atoms with E-state index in [0.29, 0.717) is 5.91 Å². The van der Waals surface area contributed by atoms with Gasteiger partial charge in [-0.1, -0.05) is 27.7 Å². The number of amides is 2. The first kappa shape index (κ1) is 24.5. The second-order valence-electron chi connectivity index (χ2n) is 10.6. The Morgan fingerprint density at radius 2 is 1.42 bits per heavy atom. The van der Waals surface area contributed by atoms with Crippen LogP contribution >= 0.6 is 0 Å². The summed E-state index contributed by atoms with van der Waals surface area (Å²) in [6.45, 7) is 15.5. The Balaban J connectivity index is 1.28. The van der Waals surface area contributed by atoms with Crippen molar-refractivity contribution in [2.45, 2.75) is 72.3 Å². The lowest BCUT2D eigenvalue weighted by Gasteiger charge is -2.38. The zero-order valence-electron chi connectivity index (χ0n) is 20.4. The van der Waals surface area contributed by atoms with Crippen molar-refractivity contribution in [3.63, 3.8) is 0 Å². The number of ether oxygens (including phenoxy) is 1. The van der Waals surface area contributed by atoms with Gasteiger partial charge in [0.2, 0.25) is 11.8 Å². The topological polar surface area (TPSA) is 53.1 Å². The first-order valence-electron chi connectivity index (χ1n) is 12.8. The summed E-state index contributed by atoms with van der Waals surface area (Å²) in [7, 11) is 0. The average molecular weight is 436 g/mol. The van der Waals surface area contributed by atoms with Gasteiger partial charge in [-0.2, -0.15) is 0 Å². The van der Waals surface area contributed by atoms with Crippen molar-refractivity contribution >= 4 is 11.8 Å². The fourth-order valence-electron chi connectivity index (χ4n) is 5.44. The zero-order chi connectivity index (χ0) is 22.4. The number of carbonyl (C=O) groups is 2. The van der Waals surface area contributed by atoms with Gasteiger partial charge in [0, 0.05) is 57.6 Å². The van der Waals surface area contributed by atoms with Crippen LogP contribution in [0.1, 0.15) is 66.2 Å². The quantitative estimate of drug-likeness (QED) is 0.616. The third-order valence-corrected chi connectivity index (χ3v) is 7.76. The van der Waals surface area contributed by atoms with Crippen LogP contribution in [-0.4, -0.2) is 85.0 Å². The van der Waals surface area contributed by atoms with Crippen LogP contribution in [0, 0.1) is 23.7 Å². The molecule has 2 aliphatic heterocycles. The summed E-state index contributed by atoms with van der Waals surface area (Å²) in [5.74, 6) is 2.57. The Labute approximate surface area is 189 Å². The summed E-state index contributed by atoms with van der Waals surface area (Å²) in [4.78, 5) is 31.5. The molecule has 31 heavy (non-hydrogen) atoms. The van der Waals surface area contributed by atoms with Crippen molar-refractivity contribution in [3.8, 4) is 0 Å². The number of carbonyl (C=O) groups excluding carboxylic acids is 2. The van der Waals surface area contributed by atoms with E-state index in [1.807, 2.05) is 18.7 Å². The fourth-order valence-corrected chi connectivity index (χ4v) is 5.44. The van der Waals surface area contributed by atoms with Crippen molar-refractivity contribution in [1.29, 1.82) is 0 Å². The van der Waals surface area contributed by atoms with E-state index in [-0.39, 0.29) is 23.8 Å². The van der Waals surface area contributed by atoms with E-state index in [1.165, 1.54) is 12.8 Å². The van der Waals surface area contributed by atoms with Crippen LogP contribution in [0.3, 0.4) is 0 Å². The Hall–Kier alpha value is -1.14. The van der Waals surface area contributed by atoms with Crippen LogP contribution in [-0.2, 0) is 14.3 Å². The maximum Gasteiger partial charge on any atom is 0.225 e. The highest BCUT2D eigenvalue weighted by molar-refractivity contribution is 5.79. The molecular weight excluding hydrogens is 390 g/mol. The molecule has 178 valence electrons. The Bertz CT molecular complexity index is 571. The molecule has 2 saturated heterocycles. The summed E-state index contributed by atoms with van der Waals surface area (Å²) < 4.78 is 6.11. The van der Waals surface area contributed by atoms with Crippen molar-refractivity contribution in [1.82, 2.24) is 14.7 Å². The summed E-state index contributed by atoms with van der Waals surface area (Å²) in [6.07, 6.45) is 6.76. The fraction of sp³-hybridized carbons (Fsp3) is 0.920. The minimum absolute atomic E-state index is 0.0816. The van der Waals surface area contributed by atoms with Gasteiger partial charge >= 0.3 is 0 Å². The van der Waals surface area contributed by atoms with Crippen LogP contribution in [0.15, 0.2) is 0 Å². The molecule has 0 aromatic rings. The summed E-state index contributed by atoms with van der Waals surface area (Å²) in [5.41, 5.74) is 0. The molecule has 1 saturated carbocycles. The van der Waals surface area contributed by atoms with Gasteiger partial charge in [-0.15, -0.1) is 0 Å². The molecule has 0 radical (unpaired) electrons. The normalized spacial score (nSPS) is 26.6. The van der Waals surface area contributed by atoms with E-state index in [9.17, 15) is 9.59 Å². The smallest absolute Gasteiger partial charge is 0.225 e. The molecule has 3 fully saturated rings. The van der Waals surface area contributed by atoms with Gasteiger partial charge in [-0.05, 0) is 50.4 Å². The van der Waals surface area contributed by atoms with Crippen molar-refractivity contribution in [2.24, 2.45) is 23.7 Å². The maximum atomic E-state index is 12.9. The van der Waals surface area contributed by atoms with Crippen LogP contribution < -0.4 is 0 Å². The second kappa shape index (κ2) is 11.6. The van der Waals surface area contributed by atoms with Crippen LogP contribution in [0.25, 0.3) is 0 Å². The van der Waals surface area contributed by atoms with Gasteiger partial charge in [0.05, 0.1) is 12.7 Å². The van der Waals surface area contributed by atoms with E-state index in [2.05, 4.69) is 23.6 Å². The number of hydrogen-bond donors (Lipinski definition) is 0. The highest BCUT2D eigenvalue weighted by Crippen LogP contribution is 2.34. The van der Waals surface area contributed by atoms with Crippen molar-refractivity contribution < 1.29 is 14.3 Å². The third-order valence-electron chi connectivity index (χ3n) is 7.76. The number of nitrogens with zero attached hydrogens (tertiary/aromatic N) is 3. The number of piperidine rings is 1. The molecule has 0 unspecified atom stereocenters. The molecule has 0 aromatic heterocycles. The molecular formula is C25H45N3O3. The standard InChI is InChI=1S/C25H45N3O3/c1-19(2)21-5-7-22(8-6-21)25(30)28-15-13-26(14-16-28)17-18-31-23-9-11-27(12-10-23)24(29)20(3)4/h19-23H,5-18H2,1-4H3. The first-order valence-corrected chi connectivity index (χ1v) is 12.8. The van der Waals surface area contributed by atoms with E-state index >= 15 is 0 Å². The maximum absolute atomic E-state index is 12.9. The highest BCUT2D eigenvalue weighted by atomic mass is 16.5. The molecule has 6 heteroatoms. The van der Waals surface area contributed by atoms with Gasteiger partial charge in [0.25, 0.3) is 0 Å². The van der Waals surface area contributed by atoms with E-state index < -0.39 is 0 Å². The molecule has 6 nitrogen and oxygen atoms in total. The molecule has 3 rings (SSSR count). The predicted octanol–water partition coefficient (Wildman–Crippen LogP) is 3.26. The Morgan fingerprint density at radius 1 is 0.806 bits per heavy atom. The number of hydrogen-bond acceptors (Lipinski definition) is 4. The van der Waals surface area contributed by atoms with Gasteiger partial charge in [-0.3, -0.25) is 14.5 Å². The molecule has 0 bridgehead atoms. The summed E-state index contributed by atoms with van der Waals surface area (Å²) >= 11 is 0. The minimum atomic E-state index is 0.0816. The first-order chi connectivity index (χ1) is 14.8. The van der Waals surface area contributed by atoms with Crippen molar-refractivity contribution in [2.75, 3.05) is 52.4 Å². The Morgan fingerprint density at radius 3 is 1.97 bits per heavy atom. The number of piperazine rings is 1. The number of likely N-dealkylation sites (tertiary alicyclic amines) is 1. The van der Waals surface area contributed by atoms with Crippen LogP contribution in [0.2, 0.25) is 0 Å². The minimum Gasteiger partial charge on any atom is -0.377 e. The van der Waals surface area contributed by atoms with Gasteiger partial charge < -0.3 is 14.5 Å². The summed E-state index contributed by atoms with van der Waals surface area (Å²) in [5, 5.41) is 0. The molecule has 2 heterocycles.